The number of ether oxygens (including phenoxy) is 1. The van der Waals surface area contributed by atoms with Crippen molar-refractivity contribution in [3.8, 4) is 5.75 Å². The second-order valence-corrected chi connectivity index (χ2v) is 5.89. The molecule has 0 radical (unpaired) electrons. The summed E-state index contributed by atoms with van der Waals surface area (Å²) in [5.41, 5.74) is -0.395. The van der Waals surface area contributed by atoms with E-state index in [-0.39, 0.29) is 0 Å². The predicted molar refractivity (Wildman–Crippen MR) is 88.0 cm³/mol. The Morgan fingerprint density at radius 2 is 1.79 bits per heavy atom. The quantitative estimate of drug-likeness (QED) is 0.752. The molecular formula is C18H16F2N2O2. The molecule has 0 unspecified atom stereocenters. The fourth-order valence-corrected chi connectivity index (χ4v) is 2.32. The third kappa shape index (κ3) is 3.08. The highest BCUT2D eigenvalue weighted by Gasteiger charge is 2.30. The lowest BCUT2D eigenvalue weighted by Gasteiger charge is -2.25. The molecule has 0 fully saturated rings. The maximum Gasteiger partial charge on any atom is 0.268 e. The van der Waals surface area contributed by atoms with Gasteiger partial charge in [-0.3, -0.25) is 4.79 Å². The van der Waals surface area contributed by atoms with Gasteiger partial charge in [-0.15, -0.1) is 0 Å². The number of nitrogens with one attached hydrogen (secondary N) is 2. The summed E-state index contributed by atoms with van der Waals surface area (Å²) in [7, 11) is 0. The molecule has 0 bridgehead atoms. The van der Waals surface area contributed by atoms with E-state index in [0.29, 0.717) is 22.3 Å². The first-order valence-corrected chi connectivity index (χ1v) is 7.38. The molecule has 0 spiro atoms. The molecule has 0 aliphatic heterocycles. The lowest BCUT2D eigenvalue weighted by atomic mass is 10.1. The number of carbonyl (C=O) groups excluding carboxylic acids is 1. The Labute approximate surface area is 137 Å². The molecule has 0 aliphatic carbocycles. The molecule has 1 heterocycles. The van der Waals surface area contributed by atoms with E-state index in [1.807, 2.05) is 6.07 Å². The van der Waals surface area contributed by atoms with Gasteiger partial charge in [0.2, 0.25) is 0 Å². The first-order chi connectivity index (χ1) is 11.4. The first-order valence-electron chi connectivity index (χ1n) is 7.38. The highest BCUT2D eigenvalue weighted by atomic mass is 19.2. The van der Waals surface area contributed by atoms with Crippen LogP contribution < -0.4 is 10.1 Å². The van der Waals surface area contributed by atoms with Crippen LogP contribution in [-0.2, 0) is 4.79 Å². The number of amides is 1. The molecule has 1 amide bonds. The van der Waals surface area contributed by atoms with Crippen molar-refractivity contribution < 1.29 is 18.3 Å². The molecule has 0 saturated carbocycles. The van der Waals surface area contributed by atoms with Gasteiger partial charge in [0.05, 0.1) is 11.2 Å². The molecule has 4 nitrogen and oxygen atoms in total. The molecule has 1 aromatic heterocycles. The molecule has 0 atom stereocenters. The topological polar surface area (TPSA) is 54.1 Å². The van der Waals surface area contributed by atoms with Gasteiger partial charge in [0.25, 0.3) is 5.91 Å². The summed E-state index contributed by atoms with van der Waals surface area (Å²) in [6.07, 6.45) is 1.49. The van der Waals surface area contributed by atoms with Crippen molar-refractivity contribution in [3.63, 3.8) is 0 Å². The van der Waals surface area contributed by atoms with Gasteiger partial charge in [-0.2, -0.15) is 0 Å². The molecule has 0 aliphatic rings. The van der Waals surface area contributed by atoms with Crippen LogP contribution in [0.4, 0.5) is 14.5 Å². The fraction of sp³-hybridized carbons (Fsp3) is 0.167. The van der Waals surface area contributed by atoms with Gasteiger partial charge >= 0.3 is 0 Å². The Morgan fingerprint density at radius 3 is 2.50 bits per heavy atom. The van der Waals surface area contributed by atoms with Gasteiger partial charge in [-0.1, -0.05) is 18.2 Å². The number of H-pyrrole nitrogens is 1. The number of fused-ring (bicyclic) bond motifs is 1. The molecule has 2 N–H and O–H groups in total. The van der Waals surface area contributed by atoms with Crippen molar-refractivity contribution in [1.29, 1.82) is 0 Å². The van der Waals surface area contributed by atoms with Crippen molar-refractivity contribution in [2.45, 2.75) is 19.4 Å². The molecule has 6 heteroatoms. The minimum atomic E-state index is -1.15. The van der Waals surface area contributed by atoms with Gasteiger partial charge in [-0.05, 0) is 32.0 Å². The molecule has 0 saturated heterocycles. The zero-order valence-electron chi connectivity index (χ0n) is 13.2. The number of anilines is 1. The average Bonchev–Trinajstić information content (AvgIpc) is 2.90. The van der Waals surface area contributed by atoms with Crippen molar-refractivity contribution in [1.82, 2.24) is 4.98 Å². The minimum absolute atomic E-state index is 0.360. The monoisotopic (exact) mass is 330 g/mol. The Balaban J connectivity index is 1.82. The van der Waals surface area contributed by atoms with Crippen molar-refractivity contribution in [2.75, 3.05) is 5.32 Å². The largest absolute Gasteiger partial charge is 0.478 e. The lowest BCUT2D eigenvalue weighted by Crippen LogP contribution is -2.42. The molecular weight excluding hydrogens is 314 g/mol. The van der Waals surface area contributed by atoms with Gasteiger partial charge in [0, 0.05) is 17.6 Å². The first kappa shape index (κ1) is 16.0. The third-order valence-electron chi connectivity index (χ3n) is 3.63. The molecule has 24 heavy (non-hydrogen) atoms. The number of halogens is 2. The summed E-state index contributed by atoms with van der Waals surface area (Å²) >= 11 is 0. The molecule has 124 valence electrons. The molecule has 2 aromatic carbocycles. The van der Waals surface area contributed by atoms with Crippen LogP contribution in [0, 0.1) is 11.6 Å². The van der Waals surface area contributed by atoms with Crippen LogP contribution >= 0.6 is 0 Å². The van der Waals surface area contributed by atoms with Gasteiger partial charge in [-0.25, -0.2) is 8.78 Å². The second kappa shape index (κ2) is 5.96. The number of hydrogen-bond donors (Lipinski definition) is 2. The Hall–Kier alpha value is -2.89. The normalized spacial score (nSPS) is 11.5. The summed E-state index contributed by atoms with van der Waals surface area (Å²) in [4.78, 5) is 15.3. The maximum absolute atomic E-state index is 13.4. The molecule has 3 rings (SSSR count). The van der Waals surface area contributed by atoms with E-state index in [0.717, 1.165) is 12.1 Å². The van der Waals surface area contributed by atoms with E-state index in [1.54, 1.807) is 38.1 Å². The second-order valence-electron chi connectivity index (χ2n) is 5.89. The Kier molecular flexibility index (Phi) is 3.97. The average molecular weight is 330 g/mol. The molecule has 3 aromatic rings. The van der Waals surface area contributed by atoms with Gasteiger partial charge in [0.1, 0.15) is 5.75 Å². The predicted octanol–water partition coefficient (Wildman–Crippen LogP) is 4.24. The van der Waals surface area contributed by atoms with E-state index < -0.39 is 23.1 Å². The summed E-state index contributed by atoms with van der Waals surface area (Å²) in [5.74, 6) is -1.77. The Bertz CT molecular complexity index is 889. The highest BCUT2D eigenvalue weighted by molar-refractivity contribution is 6.04. The van der Waals surface area contributed by atoms with E-state index in [9.17, 15) is 13.6 Å². The number of aromatic nitrogens is 1. The zero-order valence-corrected chi connectivity index (χ0v) is 13.2. The summed E-state index contributed by atoms with van der Waals surface area (Å²) < 4.78 is 32.4. The smallest absolute Gasteiger partial charge is 0.268 e. The van der Waals surface area contributed by atoms with E-state index >= 15 is 0 Å². The SMILES string of the molecule is CC(C)(Oc1ccccc1)C(=O)Nc1c[nH]c2cc(F)c(F)cc12. The minimum Gasteiger partial charge on any atom is -0.478 e. The number of aromatic amines is 1. The van der Waals surface area contributed by atoms with Crippen molar-refractivity contribution >= 4 is 22.5 Å². The van der Waals surface area contributed by atoms with Gasteiger partial charge < -0.3 is 15.0 Å². The lowest BCUT2D eigenvalue weighted by molar-refractivity contribution is -0.128. The fourth-order valence-electron chi connectivity index (χ4n) is 2.32. The van der Waals surface area contributed by atoms with Crippen LogP contribution in [0.5, 0.6) is 5.75 Å². The maximum atomic E-state index is 13.4. The number of carbonyl (C=O) groups is 1. The number of para-hydroxylation sites is 1. The van der Waals surface area contributed by atoms with E-state index in [2.05, 4.69) is 10.3 Å². The van der Waals surface area contributed by atoms with Crippen LogP contribution in [0.15, 0.2) is 48.7 Å². The zero-order chi connectivity index (χ0) is 17.3. The van der Waals surface area contributed by atoms with Crippen molar-refractivity contribution in [2.24, 2.45) is 0 Å². The van der Waals surface area contributed by atoms with Crippen LogP contribution in [0.1, 0.15) is 13.8 Å². The number of rotatable bonds is 4. The highest BCUT2D eigenvalue weighted by Crippen LogP contribution is 2.27. The number of hydrogen-bond acceptors (Lipinski definition) is 2. The summed E-state index contributed by atoms with van der Waals surface area (Å²) in [6, 6.07) is 11.0. The van der Waals surface area contributed by atoms with Crippen LogP contribution in [0.3, 0.4) is 0 Å². The standard InChI is InChI=1S/C18H16F2N2O2/c1-18(2,24-11-6-4-3-5-7-11)17(23)22-16-10-21-15-9-14(20)13(19)8-12(15)16/h3-10,21H,1-2H3,(H,22,23). The number of benzene rings is 2. The van der Waals surface area contributed by atoms with Crippen molar-refractivity contribution in [3.05, 3.63) is 60.3 Å². The Morgan fingerprint density at radius 1 is 1.12 bits per heavy atom. The van der Waals surface area contributed by atoms with E-state index in [1.165, 1.54) is 6.20 Å². The van der Waals surface area contributed by atoms with Gasteiger partial charge in [0.15, 0.2) is 17.2 Å². The third-order valence-corrected chi connectivity index (χ3v) is 3.63. The summed E-state index contributed by atoms with van der Waals surface area (Å²) in [5, 5.41) is 3.07. The summed E-state index contributed by atoms with van der Waals surface area (Å²) in [6.45, 7) is 3.26. The van der Waals surface area contributed by atoms with Crippen LogP contribution in [-0.4, -0.2) is 16.5 Å². The van der Waals surface area contributed by atoms with Crippen LogP contribution in [0.25, 0.3) is 10.9 Å². The van der Waals surface area contributed by atoms with E-state index in [4.69, 9.17) is 4.74 Å². The van der Waals surface area contributed by atoms with Crippen LogP contribution in [0.2, 0.25) is 0 Å².